The molecule has 1 unspecified atom stereocenters. The molecule has 2 rings (SSSR count). The van der Waals surface area contributed by atoms with Crippen LogP contribution in [0.25, 0.3) is 11.5 Å². The molecule has 1 atom stereocenters. The second-order valence-electron chi connectivity index (χ2n) is 3.05. The Morgan fingerprint density at radius 3 is 2.73 bits per heavy atom. The van der Waals surface area contributed by atoms with Gasteiger partial charge in [0.15, 0.2) is 5.82 Å². The van der Waals surface area contributed by atoms with E-state index in [2.05, 4.69) is 10.1 Å². The van der Waals surface area contributed by atoms with Gasteiger partial charge in [0.25, 0.3) is 5.89 Å². The highest BCUT2D eigenvalue weighted by Gasteiger charge is 2.14. The summed E-state index contributed by atoms with van der Waals surface area (Å²) in [6.07, 6.45) is 0. The average Bonchev–Trinajstić information content (AvgIpc) is 2.67. The summed E-state index contributed by atoms with van der Waals surface area (Å²) in [4.78, 5) is 3.99. The Labute approximate surface area is 90.9 Å². The minimum Gasteiger partial charge on any atom is -0.334 e. The average molecular weight is 227 g/mol. The molecule has 15 heavy (non-hydrogen) atoms. The van der Waals surface area contributed by atoms with E-state index in [4.69, 9.17) is 16.1 Å². The minimum atomic E-state index is -0.394. The van der Waals surface area contributed by atoms with E-state index in [1.807, 2.05) is 0 Å². The normalized spacial score (nSPS) is 12.7. The highest BCUT2D eigenvalue weighted by Crippen LogP contribution is 2.23. The number of hydrogen-bond donors (Lipinski definition) is 0. The Balaban J connectivity index is 2.42. The Hall–Kier alpha value is -1.42. The van der Waals surface area contributed by atoms with Crippen molar-refractivity contribution in [2.24, 2.45) is 0 Å². The zero-order valence-corrected chi connectivity index (χ0v) is 8.70. The molecule has 0 aliphatic heterocycles. The van der Waals surface area contributed by atoms with Gasteiger partial charge in [-0.15, -0.1) is 11.6 Å². The lowest BCUT2D eigenvalue weighted by atomic mass is 10.2. The molecular formula is C10H8ClFN2O. The van der Waals surface area contributed by atoms with E-state index < -0.39 is 5.82 Å². The molecule has 3 nitrogen and oxygen atoms in total. The maximum atomic E-state index is 13.3. The number of alkyl halides is 1. The lowest BCUT2D eigenvalue weighted by Crippen LogP contribution is -1.87. The molecule has 0 aliphatic carbocycles. The first-order chi connectivity index (χ1) is 7.18. The van der Waals surface area contributed by atoms with Gasteiger partial charge in [-0.3, -0.25) is 0 Å². The first-order valence-electron chi connectivity index (χ1n) is 4.41. The summed E-state index contributed by atoms with van der Waals surface area (Å²) >= 11 is 5.76. The van der Waals surface area contributed by atoms with Gasteiger partial charge in [-0.2, -0.15) is 4.98 Å². The molecule has 0 N–H and O–H groups in total. The van der Waals surface area contributed by atoms with Crippen molar-refractivity contribution in [3.05, 3.63) is 35.9 Å². The van der Waals surface area contributed by atoms with Crippen LogP contribution in [0, 0.1) is 5.82 Å². The van der Waals surface area contributed by atoms with E-state index in [1.54, 1.807) is 25.1 Å². The molecule has 0 fully saturated rings. The summed E-state index contributed by atoms with van der Waals surface area (Å²) in [6.45, 7) is 1.72. The van der Waals surface area contributed by atoms with E-state index in [9.17, 15) is 4.39 Å². The summed E-state index contributed by atoms with van der Waals surface area (Å²) < 4.78 is 18.2. The first kappa shape index (κ1) is 10.1. The van der Waals surface area contributed by atoms with Crippen molar-refractivity contribution in [3.8, 4) is 11.5 Å². The van der Waals surface area contributed by atoms with Crippen molar-refractivity contribution in [2.75, 3.05) is 0 Å². The predicted molar refractivity (Wildman–Crippen MR) is 54.0 cm³/mol. The molecule has 1 aromatic carbocycles. The zero-order valence-electron chi connectivity index (χ0n) is 7.95. The molecule has 0 aliphatic rings. The summed E-state index contributed by atoms with van der Waals surface area (Å²) in [5.41, 5.74) is 0.286. The number of aromatic nitrogens is 2. The van der Waals surface area contributed by atoms with Crippen LogP contribution < -0.4 is 0 Å². The van der Waals surface area contributed by atoms with Crippen LogP contribution in [0.15, 0.2) is 28.8 Å². The summed E-state index contributed by atoms with van der Waals surface area (Å²) in [7, 11) is 0. The highest BCUT2D eigenvalue weighted by atomic mass is 35.5. The topological polar surface area (TPSA) is 38.9 Å². The fourth-order valence-corrected chi connectivity index (χ4v) is 1.23. The quantitative estimate of drug-likeness (QED) is 0.739. The fraction of sp³-hybridized carbons (Fsp3) is 0.200. The molecule has 2 aromatic rings. The molecule has 5 heteroatoms. The third kappa shape index (κ3) is 1.99. The lowest BCUT2D eigenvalue weighted by Gasteiger charge is -1.94. The van der Waals surface area contributed by atoms with Gasteiger partial charge in [-0.1, -0.05) is 17.3 Å². The zero-order chi connectivity index (χ0) is 10.8. The van der Waals surface area contributed by atoms with Gasteiger partial charge in [-0.25, -0.2) is 4.39 Å². The molecule has 0 saturated heterocycles. The van der Waals surface area contributed by atoms with Crippen LogP contribution in [0.2, 0.25) is 0 Å². The number of benzene rings is 1. The van der Waals surface area contributed by atoms with Crippen LogP contribution in [0.3, 0.4) is 0 Å². The second-order valence-corrected chi connectivity index (χ2v) is 3.71. The van der Waals surface area contributed by atoms with E-state index in [1.165, 1.54) is 6.07 Å². The maximum Gasteiger partial charge on any atom is 0.260 e. The largest absolute Gasteiger partial charge is 0.334 e. The van der Waals surface area contributed by atoms with E-state index in [-0.39, 0.29) is 16.8 Å². The molecule has 0 saturated carbocycles. The Morgan fingerprint density at radius 1 is 1.40 bits per heavy atom. The summed E-state index contributed by atoms with van der Waals surface area (Å²) in [5.74, 6) is 0.112. The molecule has 1 aromatic heterocycles. The van der Waals surface area contributed by atoms with E-state index in [0.29, 0.717) is 5.82 Å². The van der Waals surface area contributed by atoms with Gasteiger partial charge >= 0.3 is 0 Å². The van der Waals surface area contributed by atoms with Gasteiger partial charge in [0.1, 0.15) is 5.82 Å². The number of halogens is 2. The third-order valence-corrected chi connectivity index (χ3v) is 2.10. The molecule has 0 spiro atoms. The summed E-state index contributed by atoms with van der Waals surface area (Å²) in [5, 5.41) is 3.30. The highest BCUT2D eigenvalue weighted by molar-refractivity contribution is 6.20. The summed E-state index contributed by atoms with van der Waals surface area (Å²) in [6, 6.07) is 6.21. The minimum absolute atomic E-state index is 0.149. The van der Waals surface area contributed by atoms with Gasteiger partial charge in [0.05, 0.1) is 10.9 Å². The number of nitrogens with zero attached hydrogens (tertiary/aromatic N) is 2. The standard InChI is InChI=1S/C10H8ClFN2O/c1-6(11)9-13-10(15-14-9)7-4-2-3-5-8(7)12/h2-6H,1H3. The Bertz CT molecular complexity index is 470. The second kappa shape index (κ2) is 3.98. The van der Waals surface area contributed by atoms with E-state index >= 15 is 0 Å². The van der Waals surface area contributed by atoms with Crippen LogP contribution in [0.1, 0.15) is 18.1 Å². The number of hydrogen-bond acceptors (Lipinski definition) is 3. The van der Waals surface area contributed by atoms with Crippen molar-refractivity contribution in [1.82, 2.24) is 10.1 Å². The third-order valence-electron chi connectivity index (χ3n) is 1.90. The lowest BCUT2D eigenvalue weighted by molar-refractivity contribution is 0.420. The SMILES string of the molecule is CC(Cl)c1noc(-c2ccccc2F)n1. The molecule has 0 amide bonds. The van der Waals surface area contributed by atoms with Crippen molar-refractivity contribution < 1.29 is 8.91 Å². The first-order valence-corrected chi connectivity index (χ1v) is 4.84. The van der Waals surface area contributed by atoms with Crippen LogP contribution >= 0.6 is 11.6 Å². The molecule has 1 heterocycles. The van der Waals surface area contributed by atoms with Crippen molar-refractivity contribution >= 4 is 11.6 Å². The van der Waals surface area contributed by atoms with Gasteiger partial charge in [0, 0.05) is 0 Å². The molecule has 0 radical (unpaired) electrons. The van der Waals surface area contributed by atoms with Crippen LogP contribution in [0.5, 0.6) is 0 Å². The maximum absolute atomic E-state index is 13.3. The van der Waals surface area contributed by atoms with Gasteiger partial charge in [-0.05, 0) is 19.1 Å². The van der Waals surface area contributed by atoms with Crippen molar-refractivity contribution in [3.63, 3.8) is 0 Å². The van der Waals surface area contributed by atoms with Crippen LogP contribution in [0.4, 0.5) is 4.39 Å². The molecule has 0 bridgehead atoms. The van der Waals surface area contributed by atoms with Crippen molar-refractivity contribution in [1.29, 1.82) is 0 Å². The van der Waals surface area contributed by atoms with Gasteiger partial charge in [0.2, 0.25) is 0 Å². The predicted octanol–water partition coefficient (Wildman–Crippen LogP) is 3.18. The van der Waals surface area contributed by atoms with Gasteiger partial charge < -0.3 is 4.52 Å². The Morgan fingerprint density at radius 2 is 2.13 bits per heavy atom. The monoisotopic (exact) mass is 226 g/mol. The Kier molecular flexibility index (Phi) is 2.68. The number of rotatable bonds is 2. The van der Waals surface area contributed by atoms with Crippen LogP contribution in [-0.2, 0) is 0 Å². The fourth-order valence-electron chi connectivity index (χ4n) is 1.14. The molecule has 78 valence electrons. The van der Waals surface area contributed by atoms with E-state index in [0.717, 1.165) is 0 Å². The van der Waals surface area contributed by atoms with Crippen molar-refractivity contribution in [2.45, 2.75) is 12.3 Å². The molecular weight excluding hydrogens is 219 g/mol. The van der Waals surface area contributed by atoms with Crippen LogP contribution in [-0.4, -0.2) is 10.1 Å². The smallest absolute Gasteiger partial charge is 0.260 e.